The third-order valence-electron chi connectivity index (χ3n) is 27.1. The van der Waals surface area contributed by atoms with E-state index in [0.29, 0.717) is 5.95 Å². The van der Waals surface area contributed by atoms with Crippen molar-refractivity contribution in [2.45, 2.75) is 25.7 Å². The molecule has 0 aliphatic heterocycles. The third-order valence-corrected chi connectivity index (χ3v) is 27.1. The standard InChI is InChI=1S/C62H40N4.C58H38N4/c1-3-15-39(16-4-1)41-27-29-43(30-28-41)59-49-21-9-12-24-54(49)63-62(64-59)66-56-26-14-11-23-51(56)58-53-38-47-36-45-20-8-7-19-44(45)35-46(47)37-52(53)57-50-22-10-13-25-55(50)65(60(57)61(58)66)48-33-31-42(32-34-48)40-17-5-2-6-18-40;1-4-17-37(18-5-1)55-52(56(60-36-59-55)38-19-6-2-7-20-38)41-23-16-26-45(33-41)62-51-30-15-13-28-47(51)54-49-35-43-32-40-22-11-10-21-39(40)31-42(43)34-48(49)53-46-27-12-14-29-50(46)61(57(53)58(54)62)44-24-8-3-9-25-44/h1-36H,37-38H2;1-30,33-36H,31-32H2. The van der Waals surface area contributed by atoms with E-state index in [1.807, 2.05) is 0 Å². The molecule has 27 rings (SSSR count). The molecule has 0 radical (unpaired) electrons. The number of nitrogens with zero attached hydrogens (tertiary/aromatic N) is 8. The molecule has 2 aliphatic rings. The average Bonchev–Trinajstić information content (AvgIpc) is 1.55. The zero-order valence-electron chi connectivity index (χ0n) is 69.8. The van der Waals surface area contributed by atoms with Crippen LogP contribution in [0.1, 0.15) is 44.5 Å². The Morgan fingerprint density at radius 3 is 1.05 bits per heavy atom. The minimum Gasteiger partial charge on any atom is -0.307 e. The van der Waals surface area contributed by atoms with Crippen molar-refractivity contribution in [1.82, 2.24) is 38.2 Å². The molecule has 0 amide bonds. The Kier molecular flexibility index (Phi) is 16.8. The third kappa shape index (κ3) is 11.6. The van der Waals surface area contributed by atoms with Crippen LogP contribution in [-0.4, -0.2) is 38.2 Å². The average molecular weight is 1630 g/mol. The minimum absolute atomic E-state index is 0.654. The second kappa shape index (κ2) is 29.5. The summed E-state index contributed by atoms with van der Waals surface area (Å²) in [6.07, 6.45) is 5.25. The maximum atomic E-state index is 5.65. The van der Waals surface area contributed by atoms with Gasteiger partial charge >= 0.3 is 0 Å². The predicted molar refractivity (Wildman–Crippen MR) is 531 cm³/mol. The Hall–Kier alpha value is -16.7. The second-order valence-corrected chi connectivity index (χ2v) is 34.2. The molecule has 598 valence electrons. The van der Waals surface area contributed by atoms with Gasteiger partial charge in [-0.2, -0.15) is 0 Å². The number of rotatable bonds is 10. The van der Waals surface area contributed by atoms with E-state index in [4.69, 9.17) is 19.9 Å². The van der Waals surface area contributed by atoms with Crippen molar-refractivity contribution in [1.29, 1.82) is 0 Å². The normalized spacial score (nSPS) is 12.4. The van der Waals surface area contributed by atoms with Crippen molar-refractivity contribution < 1.29 is 0 Å². The Balaban J connectivity index is 0.000000136. The number of para-hydroxylation sites is 6. The highest BCUT2D eigenvalue weighted by molar-refractivity contribution is 6.37. The SMILES string of the molecule is c1ccc(-c2ccc(-c3nc(-n4c5ccccc5c5c6c(c7c8ccccc8n(-c8ccc(-c9ccccc9)cc8)c7c54)Cc4cc5ccccc5cc4C6)nc4ccccc34)cc2)cc1.c1ccc(-c2ncnc(-c3ccccc3)c2-c2cccc(-n3c4ccccc4c4c5cc6c(cc5c5c7ccccc7n(-c7ccccc7)c5c43)Cc3ccccc3C6)c2)cc1. The number of fused-ring (bicyclic) bond motifs is 25. The van der Waals surface area contributed by atoms with Crippen molar-refractivity contribution in [3.63, 3.8) is 0 Å². The van der Waals surface area contributed by atoms with Crippen molar-refractivity contribution >= 4 is 120 Å². The summed E-state index contributed by atoms with van der Waals surface area (Å²) in [5.41, 5.74) is 37.5. The summed E-state index contributed by atoms with van der Waals surface area (Å²) in [5.74, 6) is 0.654. The van der Waals surface area contributed by atoms with Crippen LogP contribution in [0.3, 0.4) is 0 Å². The smallest absolute Gasteiger partial charge is 0.235 e. The second-order valence-electron chi connectivity index (χ2n) is 34.2. The number of aromatic nitrogens is 8. The van der Waals surface area contributed by atoms with E-state index in [1.54, 1.807) is 6.33 Å². The first-order valence-corrected chi connectivity index (χ1v) is 44.2. The molecule has 0 N–H and O–H groups in total. The summed E-state index contributed by atoms with van der Waals surface area (Å²) in [6, 6.07) is 152. The van der Waals surface area contributed by atoms with E-state index >= 15 is 0 Å². The summed E-state index contributed by atoms with van der Waals surface area (Å²) < 4.78 is 9.92. The van der Waals surface area contributed by atoms with Gasteiger partial charge in [0.1, 0.15) is 6.33 Å². The van der Waals surface area contributed by atoms with Gasteiger partial charge in [0.15, 0.2) is 0 Å². The largest absolute Gasteiger partial charge is 0.307 e. The molecule has 19 aromatic carbocycles. The fourth-order valence-electron chi connectivity index (χ4n) is 21.4. The van der Waals surface area contributed by atoms with E-state index in [2.05, 4.69) is 437 Å². The van der Waals surface area contributed by atoms with Gasteiger partial charge in [-0.1, -0.05) is 340 Å². The molecule has 8 heteroatoms. The van der Waals surface area contributed by atoms with Gasteiger partial charge in [-0.3, -0.25) is 4.57 Å². The maximum absolute atomic E-state index is 5.65. The van der Waals surface area contributed by atoms with Crippen LogP contribution in [0.4, 0.5) is 0 Å². The highest BCUT2D eigenvalue weighted by Crippen LogP contribution is 2.53. The van der Waals surface area contributed by atoms with Gasteiger partial charge in [-0.25, -0.2) is 19.9 Å². The van der Waals surface area contributed by atoms with Crippen molar-refractivity contribution in [3.8, 4) is 90.2 Å². The quantitative estimate of drug-likeness (QED) is 0.137. The molecule has 2 aliphatic carbocycles. The molecule has 0 unspecified atom stereocenters. The van der Waals surface area contributed by atoms with Crippen LogP contribution in [0.5, 0.6) is 0 Å². The summed E-state index contributed by atoms with van der Waals surface area (Å²) in [6.45, 7) is 0. The molecule has 6 heterocycles. The highest BCUT2D eigenvalue weighted by atomic mass is 15.2. The van der Waals surface area contributed by atoms with Crippen LogP contribution in [0, 0.1) is 0 Å². The maximum Gasteiger partial charge on any atom is 0.235 e. The highest BCUT2D eigenvalue weighted by Gasteiger charge is 2.33. The van der Waals surface area contributed by atoms with Gasteiger partial charge < -0.3 is 13.7 Å². The molecule has 0 bridgehead atoms. The lowest BCUT2D eigenvalue weighted by Gasteiger charge is -2.24. The predicted octanol–water partition coefficient (Wildman–Crippen LogP) is 29.8. The molecule has 128 heavy (non-hydrogen) atoms. The van der Waals surface area contributed by atoms with Crippen LogP contribution in [0.15, 0.2) is 425 Å². The lowest BCUT2D eigenvalue weighted by Crippen LogP contribution is -2.10. The molecule has 0 saturated heterocycles. The first-order chi connectivity index (χ1) is 63.5. The fourth-order valence-corrected chi connectivity index (χ4v) is 21.4. The molecule has 25 aromatic rings. The van der Waals surface area contributed by atoms with Crippen LogP contribution in [0.25, 0.3) is 210 Å². The Bertz CT molecular complexity index is 8770. The van der Waals surface area contributed by atoms with Crippen LogP contribution >= 0.6 is 0 Å². The van der Waals surface area contributed by atoms with Gasteiger partial charge in [0.25, 0.3) is 0 Å². The summed E-state index contributed by atoms with van der Waals surface area (Å²) >= 11 is 0. The van der Waals surface area contributed by atoms with E-state index in [1.165, 1.54) is 159 Å². The molecule has 6 aromatic heterocycles. The van der Waals surface area contributed by atoms with Gasteiger partial charge in [-0.05, 0) is 198 Å². The van der Waals surface area contributed by atoms with Crippen molar-refractivity contribution in [2.75, 3.05) is 0 Å². The van der Waals surface area contributed by atoms with Gasteiger partial charge in [0.05, 0.1) is 66.7 Å². The van der Waals surface area contributed by atoms with Crippen LogP contribution in [-0.2, 0) is 25.7 Å². The van der Waals surface area contributed by atoms with Crippen LogP contribution < -0.4 is 0 Å². The van der Waals surface area contributed by atoms with Gasteiger partial charge in [0, 0.05) is 87.8 Å². The molecular weight excluding hydrogens is 1550 g/mol. The monoisotopic (exact) mass is 1630 g/mol. The van der Waals surface area contributed by atoms with Gasteiger partial charge in [-0.15, -0.1) is 0 Å². The van der Waals surface area contributed by atoms with E-state index in [0.717, 1.165) is 115 Å². The first kappa shape index (κ1) is 72.9. The molecule has 8 nitrogen and oxygen atoms in total. The number of benzene rings is 19. The fraction of sp³-hybridized carbons (Fsp3) is 0.0333. The number of hydrogen-bond donors (Lipinski definition) is 0. The topological polar surface area (TPSA) is 71.3 Å². The van der Waals surface area contributed by atoms with Crippen LogP contribution in [0.2, 0.25) is 0 Å². The summed E-state index contributed by atoms with van der Waals surface area (Å²) in [5, 5.41) is 16.2. The minimum atomic E-state index is 0.654. The Labute approximate surface area is 738 Å². The molecule has 0 atom stereocenters. The van der Waals surface area contributed by atoms with E-state index < -0.39 is 0 Å². The number of hydrogen-bond acceptors (Lipinski definition) is 4. The van der Waals surface area contributed by atoms with Crippen molar-refractivity contribution in [3.05, 3.63) is 469 Å². The first-order valence-electron chi connectivity index (χ1n) is 44.2. The van der Waals surface area contributed by atoms with E-state index in [9.17, 15) is 0 Å². The molecule has 0 spiro atoms. The van der Waals surface area contributed by atoms with Gasteiger partial charge in [0.2, 0.25) is 5.95 Å². The zero-order valence-corrected chi connectivity index (χ0v) is 69.8. The van der Waals surface area contributed by atoms with E-state index in [-0.39, 0.29) is 0 Å². The Morgan fingerprint density at radius 1 is 0.203 bits per heavy atom. The lowest BCUT2D eigenvalue weighted by molar-refractivity contribution is 1.01. The zero-order chi connectivity index (χ0) is 84.0. The molecule has 0 fully saturated rings. The Morgan fingerprint density at radius 2 is 0.547 bits per heavy atom. The molecule has 0 saturated carbocycles. The van der Waals surface area contributed by atoms with Crippen molar-refractivity contribution in [2.24, 2.45) is 0 Å². The molecular formula is C120H78N8. The summed E-state index contributed by atoms with van der Waals surface area (Å²) in [4.78, 5) is 21.1. The lowest BCUT2D eigenvalue weighted by atomic mass is 9.80. The summed E-state index contributed by atoms with van der Waals surface area (Å²) in [7, 11) is 0.